The first-order valence-electron chi connectivity index (χ1n) is 23.3. The van der Waals surface area contributed by atoms with Gasteiger partial charge in [-0.05, 0) is 125 Å². The molecule has 0 aromatic heterocycles. The summed E-state index contributed by atoms with van der Waals surface area (Å²) in [7, 11) is 0. The summed E-state index contributed by atoms with van der Waals surface area (Å²) in [6.07, 6.45) is 0. The molecule has 10 aromatic rings. The Morgan fingerprint density at radius 1 is 0.242 bits per heavy atom. The lowest BCUT2D eigenvalue weighted by molar-refractivity contribution is 0.660. The summed E-state index contributed by atoms with van der Waals surface area (Å²) in [5, 5.41) is 0. The lowest BCUT2D eigenvalue weighted by Gasteiger charge is -2.35. The summed E-state index contributed by atoms with van der Waals surface area (Å²) in [5.41, 5.74) is 23.0. The fraction of sp³-hybridized carbons (Fsp3) is 0.0769. The molecule has 0 unspecified atom stereocenters. The van der Waals surface area contributed by atoms with Crippen LogP contribution in [0.15, 0.2) is 249 Å². The van der Waals surface area contributed by atoms with Gasteiger partial charge in [-0.1, -0.05) is 226 Å². The molecule has 0 saturated heterocycles. The molecule has 0 N–H and O–H groups in total. The Hall–Kier alpha value is -8.00. The van der Waals surface area contributed by atoms with E-state index in [0.717, 1.165) is 17.1 Å². The molecule has 3 aliphatic carbocycles. The van der Waals surface area contributed by atoms with Gasteiger partial charge in [-0.15, -0.1) is 0 Å². The molecule has 13 rings (SSSR count). The zero-order chi connectivity index (χ0) is 44.0. The number of fused-ring (bicyclic) bond motifs is 9. The van der Waals surface area contributed by atoms with E-state index in [0.29, 0.717) is 0 Å². The van der Waals surface area contributed by atoms with Crippen LogP contribution in [-0.4, -0.2) is 0 Å². The summed E-state index contributed by atoms with van der Waals surface area (Å²) < 4.78 is 0. The minimum atomic E-state index is -0.521. The van der Waals surface area contributed by atoms with Crippen LogP contribution in [-0.2, 0) is 16.2 Å². The predicted octanol–water partition coefficient (Wildman–Crippen LogP) is 16.2. The third kappa shape index (κ3) is 5.23. The van der Waals surface area contributed by atoms with Crippen LogP contribution < -0.4 is 4.90 Å². The predicted molar refractivity (Wildman–Crippen MR) is 273 cm³/mol. The van der Waals surface area contributed by atoms with Crippen LogP contribution in [0.25, 0.3) is 33.4 Å². The molecule has 0 aliphatic heterocycles. The van der Waals surface area contributed by atoms with Crippen molar-refractivity contribution in [2.45, 2.75) is 30.1 Å². The molecule has 3 aliphatic rings. The van der Waals surface area contributed by atoms with Gasteiger partial charge < -0.3 is 4.90 Å². The van der Waals surface area contributed by atoms with Gasteiger partial charge in [0.05, 0.1) is 10.8 Å². The van der Waals surface area contributed by atoms with E-state index in [4.69, 9.17) is 0 Å². The van der Waals surface area contributed by atoms with E-state index in [1.165, 1.54) is 89.0 Å². The van der Waals surface area contributed by atoms with Crippen LogP contribution >= 0.6 is 0 Å². The van der Waals surface area contributed by atoms with Crippen LogP contribution in [0.4, 0.5) is 17.1 Å². The van der Waals surface area contributed by atoms with Crippen molar-refractivity contribution >= 4 is 17.1 Å². The molecule has 0 heterocycles. The van der Waals surface area contributed by atoms with E-state index in [1.807, 2.05) is 0 Å². The molecule has 1 nitrogen and oxygen atoms in total. The van der Waals surface area contributed by atoms with E-state index in [9.17, 15) is 0 Å². The second-order valence-corrected chi connectivity index (χ2v) is 18.7. The van der Waals surface area contributed by atoms with Gasteiger partial charge in [0, 0.05) is 22.5 Å². The van der Waals surface area contributed by atoms with Crippen molar-refractivity contribution in [2.75, 3.05) is 4.90 Å². The number of hydrogen-bond donors (Lipinski definition) is 0. The zero-order valence-corrected chi connectivity index (χ0v) is 37.1. The minimum Gasteiger partial charge on any atom is -0.310 e. The average molecular weight is 842 g/mol. The molecule has 0 saturated carbocycles. The second kappa shape index (κ2) is 14.5. The van der Waals surface area contributed by atoms with E-state index in [-0.39, 0.29) is 5.41 Å². The summed E-state index contributed by atoms with van der Waals surface area (Å²) >= 11 is 0. The van der Waals surface area contributed by atoms with Crippen molar-refractivity contribution in [1.82, 2.24) is 0 Å². The number of hydrogen-bond acceptors (Lipinski definition) is 1. The Labute approximate surface area is 388 Å². The highest BCUT2D eigenvalue weighted by Crippen LogP contribution is 2.59. The van der Waals surface area contributed by atoms with Gasteiger partial charge in [-0.2, -0.15) is 0 Å². The first-order chi connectivity index (χ1) is 32.5. The topological polar surface area (TPSA) is 3.24 Å². The van der Waals surface area contributed by atoms with Gasteiger partial charge in [-0.25, -0.2) is 0 Å². The summed E-state index contributed by atoms with van der Waals surface area (Å²) in [5.74, 6) is 0. The fourth-order valence-electron chi connectivity index (χ4n) is 12.4. The minimum absolute atomic E-state index is 0.155. The van der Waals surface area contributed by atoms with Gasteiger partial charge in [0.2, 0.25) is 0 Å². The Morgan fingerprint density at radius 2 is 0.545 bits per heavy atom. The lowest BCUT2D eigenvalue weighted by atomic mass is 9.67. The number of nitrogens with zero attached hydrogens (tertiary/aromatic N) is 1. The maximum atomic E-state index is 2.50. The van der Waals surface area contributed by atoms with Crippen LogP contribution in [0.5, 0.6) is 0 Å². The first kappa shape index (κ1) is 38.5. The molecule has 1 heteroatoms. The van der Waals surface area contributed by atoms with Crippen LogP contribution in [0, 0.1) is 0 Å². The second-order valence-electron chi connectivity index (χ2n) is 18.7. The third-order valence-corrected chi connectivity index (χ3v) is 15.2. The van der Waals surface area contributed by atoms with Gasteiger partial charge in [0.1, 0.15) is 0 Å². The van der Waals surface area contributed by atoms with Gasteiger partial charge >= 0.3 is 0 Å². The molecule has 0 radical (unpaired) electrons. The number of anilines is 3. The third-order valence-electron chi connectivity index (χ3n) is 15.2. The van der Waals surface area contributed by atoms with Gasteiger partial charge in [-0.3, -0.25) is 0 Å². The van der Waals surface area contributed by atoms with Crippen molar-refractivity contribution in [3.63, 3.8) is 0 Å². The fourth-order valence-corrected chi connectivity index (χ4v) is 12.4. The number of benzene rings is 10. The standard InChI is InChI=1S/C65H47N/c1-63(2)57-30-16-12-26-51(57)55-40-38-49(42-61(55)63)66(48-36-34-47(35-37-48)64(44-20-6-3-7-21-44)58-31-17-13-27-52(58)53-28-14-18-32-59(53)64)50-39-41-56-54-29-15-19-33-60(54)65(62(56)43-50,45-22-8-4-9-23-45)46-24-10-5-11-25-46/h3-43H,1-2H3. The molecule has 0 fully saturated rings. The largest absolute Gasteiger partial charge is 0.310 e. The average Bonchev–Trinajstić information content (AvgIpc) is 3.94. The van der Waals surface area contributed by atoms with Crippen molar-refractivity contribution in [3.8, 4) is 33.4 Å². The number of rotatable bonds is 7. The normalized spacial score (nSPS) is 14.9. The van der Waals surface area contributed by atoms with Crippen molar-refractivity contribution in [2.24, 2.45) is 0 Å². The van der Waals surface area contributed by atoms with Gasteiger partial charge in [0.15, 0.2) is 0 Å². The smallest absolute Gasteiger partial charge is 0.0714 e. The molecule has 312 valence electrons. The van der Waals surface area contributed by atoms with Crippen LogP contribution in [0.2, 0.25) is 0 Å². The quantitative estimate of drug-likeness (QED) is 0.155. The molecule has 0 bridgehead atoms. The molecule has 0 spiro atoms. The Balaban J connectivity index is 1.05. The molecular weight excluding hydrogens is 795 g/mol. The van der Waals surface area contributed by atoms with Crippen molar-refractivity contribution in [3.05, 3.63) is 304 Å². The van der Waals surface area contributed by atoms with E-state index in [2.05, 4.69) is 267 Å². The van der Waals surface area contributed by atoms with Crippen LogP contribution in [0.3, 0.4) is 0 Å². The first-order valence-corrected chi connectivity index (χ1v) is 23.3. The molecule has 0 amide bonds. The summed E-state index contributed by atoms with van der Waals surface area (Å²) in [6.45, 7) is 4.75. The molecule has 66 heavy (non-hydrogen) atoms. The zero-order valence-electron chi connectivity index (χ0n) is 37.1. The molecular formula is C65H47N. The summed E-state index contributed by atoms with van der Waals surface area (Å²) in [6, 6.07) is 93.2. The molecule has 10 aromatic carbocycles. The SMILES string of the molecule is CC1(C)c2ccccc2-c2ccc(N(c3ccc(C4(c5ccccc5)c5ccccc5-c5ccccc54)cc3)c3ccc4c(c3)C(c3ccccc3)(c3ccccc3)c3ccccc3-4)cc21. The molecule has 0 atom stereocenters. The van der Waals surface area contributed by atoms with E-state index < -0.39 is 10.8 Å². The highest BCUT2D eigenvalue weighted by Gasteiger charge is 2.48. The van der Waals surface area contributed by atoms with Gasteiger partial charge in [0.25, 0.3) is 0 Å². The van der Waals surface area contributed by atoms with Crippen molar-refractivity contribution < 1.29 is 0 Å². The Morgan fingerprint density at radius 3 is 1.00 bits per heavy atom. The van der Waals surface area contributed by atoms with E-state index >= 15 is 0 Å². The van der Waals surface area contributed by atoms with E-state index in [1.54, 1.807) is 0 Å². The Bertz CT molecular complexity index is 3410. The highest BCUT2D eigenvalue weighted by molar-refractivity contribution is 5.92. The maximum absolute atomic E-state index is 2.50. The highest BCUT2D eigenvalue weighted by atomic mass is 15.1. The van der Waals surface area contributed by atoms with Crippen molar-refractivity contribution in [1.29, 1.82) is 0 Å². The lowest BCUT2D eigenvalue weighted by Crippen LogP contribution is -2.29. The summed E-state index contributed by atoms with van der Waals surface area (Å²) in [4.78, 5) is 2.50. The maximum Gasteiger partial charge on any atom is 0.0714 e. The van der Waals surface area contributed by atoms with Crippen LogP contribution in [0.1, 0.15) is 69.5 Å². The Kier molecular flexibility index (Phi) is 8.45. The monoisotopic (exact) mass is 841 g/mol.